The van der Waals surface area contributed by atoms with Crippen molar-refractivity contribution in [3.63, 3.8) is 0 Å². The van der Waals surface area contributed by atoms with E-state index >= 15 is 0 Å². The average Bonchev–Trinajstić information content (AvgIpc) is 2.87. The van der Waals surface area contributed by atoms with Gasteiger partial charge >= 0.3 is 50.5 Å². The molecule has 38 heavy (non-hydrogen) atoms. The molecule has 0 saturated carbocycles. The molecule has 0 aromatic carbocycles. The summed E-state index contributed by atoms with van der Waals surface area (Å²) in [6.07, 6.45) is 24.0. The van der Waals surface area contributed by atoms with Crippen molar-refractivity contribution in [1.29, 1.82) is 0 Å². The van der Waals surface area contributed by atoms with Crippen LogP contribution in [0.1, 0.15) is 131 Å². The van der Waals surface area contributed by atoms with Crippen molar-refractivity contribution in [1.82, 2.24) is 0 Å². The van der Waals surface area contributed by atoms with E-state index in [1.807, 2.05) is 27.7 Å². The number of halogens is 5. The topological polar surface area (TPSA) is 90.1 Å². The third-order valence-corrected chi connectivity index (χ3v) is 5.46. The molecular formula is C28H53I5NO4-. The van der Waals surface area contributed by atoms with Crippen LogP contribution >= 0.6 is 74.5 Å². The number of rotatable bonds is 8. The molecule has 0 bridgehead atoms. The van der Waals surface area contributed by atoms with E-state index in [4.69, 9.17) is 10.0 Å². The molecular weight excluding hydrogens is 1050 g/mol. The van der Waals surface area contributed by atoms with Gasteiger partial charge in [-0.05, 0) is 131 Å². The molecule has 230 valence electrons. The predicted octanol–water partition coefficient (Wildman–Crippen LogP) is 8.07. The molecule has 2 aliphatic carbocycles. The molecule has 10 heteroatoms. The summed E-state index contributed by atoms with van der Waals surface area (Å²) in [5.74, 6) is 0. The van der Waals surface area contributed by atoms with Crippen LogP contribution in [0.3, 0.4) is 0 Å². The molecule has 0 saturated heterocycles. The standard InChI is InChI=1S/2C12H22O.C2H5NO.C2H4O.I3.I2/c2*1-12(2,13)10-6-9-11-7-4-3-5-8-11;1-2-3-4;1-2-3;1-3-2;1-2/h2*7,13H,3-6,8-10H2,1-2H3;2,4H,1H3;2H,1H3;;/q;;;;-1;/b;;3-2+;;;. The molecule has 0 radical (unpaired) electrons. The fourth-order valence-electron chi connectivity index (χ4n) is 3.76. The molecule has 5 nitrogen and oxygen atoms in total. The Morgan fingerprint density at radius 3 is 1.32 bits per heavy atom. The first-order valence-electron chi connectivity index (χ1n) is 13.2. The Hall–Kier alpha value is 2.19. The molecule has 0 aliphatic heterocycles. The number of aldehydes is 1. The molecule has 2 aliphatic rings. The molecule has 0 fully saturated rings. The van der Waals surface area contributed by atoms with Crippen LogP contribution in [-0.4, -0.2) is 39.1 Å². The van der Waals surface area contributed by atoms with Gasteiger partial charge < -0.3 is 20.2 Å². The van der Waals surface area contributed by atoms with Gasteiger partial charge in [0, 0.05) is 43.4 Å². The summed E-state index contributed by atoms with van der Waals surface area (Å²) >= 11 is 9.54. The summed E-state index contributed by atoms with van der Waals surface area (Å²) in [4.78, 5) is 8.81. The molecule has 0 aromatic rings. The van der Waals surface area contributed by atoms with Crippen LogP contribution in [0, 0.1) is 0 Å². The van der Waals surface area contributed by atoms with Crippen LogP contribution in [0.25, 0.3) is 0 Å². The number of hydrogen-bond donors (Lipinski definition) is 3. The summed E-state index contributed by atoms with van der Waals surface area (Å²) in [6, 6.07) is 0. The van der Waals surface area contributed by atoms with Crippen molar-refractivity contribution in [2.24, 2.45) is 5.16 Å². The van der Waals surface area contributed by atoms with Crippen molar-refractivity contribution in [3.8, 4) is 0 Å². The minimum atomic E-state index is -0.477. The zero-order valence-electron chi connectivity index (χ0n) is 24.3. The van der Waals surface area contributed by atoms with E-state index in [2.05, 4.69) is 91.8 Å². The first kappa shape index (κ1) is 47.1. The van der Waals surface area contributed by atoms with Crippen LogP contribution in [0.2, 0.25) is 0 Å². The Morgan fingerprint density at radius 2 is 1.13 bits per heavy atom. The second kappa shape index (κ2) is 35.4. The molecule has 0 unspecified atom stereocenters. The number of oxime groups is 1. The summed E-state index contributed by atoms with van der Waals surface area (Å²) in [5, 5.41) is 29.1. The van der Waals surface area contributed by atoms with Crippen molar-refractivity contribution < 1.29 is 33.5 Å². The van der Waals surface area contributed by atoms with E-state index in [0.29, 0.717) is 13.3 Å². The first-order chi connectivity index (χ1) is 17.9. The van der Waals surface area contributed by atoms with E-state index in [1.54, 1.807) is 18.1 Å². The normalized spacial score (nSPS) is 14.7. The van der Waals surface area contributed by atoms with E-state index in [0.717, 1.165) is 32.0 Å². The minimum absolute atomic E-state index is 0.477. The quantitative estimate of drug-likeness (QED) is 0.0574. The van der Waals surface area contributed by atoms with Gasteiger partial charge in [-0.15, -0.1) is 5.16 Å². The van der Waals surface area contributed by atoms with E-state index in [1.165, 1.54) is 77.3 Å². The van der Waals surface area contributed by atoms with Crippen LogP contribution in [-0.2, 0) is 4.79 Å². The Bertz CT molecular complexity index is 541. The van der Waals surface area contributed by atoms with Crippen LogP contribution in [0.5, 0.6) is 0 Å². The molecule has 2 rings (SSSR count). The number of carbonyl (C=O) groups is 1. The SMILES string of the molecule is C/C=N/O.CC(C)(O)CCCC1=CCCCC1.CC(C)(O)CCCC1=CCCCC1.CC=O.II.I[I-]I. The van der Waals surface area contributed by atoms with Crippen LogP contribution in [0.15, 0.2) is 28.5 Å². The summed E-state index contributed by atoms with van der Waals surface area (Å²) in [6.45, 7) is 10.6. The summed E-state index contributed by atoms with van der Waals surface area (Å²) in [5.41, 5.74) is 2.29. The van der Waals surface area contributed by atoms with E-state index in [-0.39, 0.29) is 0 Å². The number of allylic oxidation sites excluding steroid dienone is 4. The van der Waals surface area contributed by atoms with Gasteiger partial charge in [0.25, 0.3) is 0 Å². The number of nitrogens with zero attached hydrogens (tertiary/aromatic N) is 1. The third kappa shape index (κ3) is 47.9. The van der Waals surface area contributed by atoms with Gasteiger partial charge in [-0.3, -0.25) is 0 Å². The number of hydrogen-bond acceptors (Lipinski definition) is 5. The molecule has 3 N–H and O–H groups in total. The zero-order valence-corrected chi connectivity index (χ0v) is 35.1. The summed E-state index contributed by atoms with van der Waals surface area (Å²) in [7, 11) is 0. The summed E-state index contributed by atoms with van der Waals surface area (Å²) < 4.78 is 0. The van der Waals surface area contributed by atoms with E-state index in [9.17, 15) is 10.2 Å². The molecule has 0 atom stereocenters. The fourth-order valence-corrected chi connectivity index (χ4v) is 3.76. The van der Waals surface area contributed by atoms with E-state index < -0.39 is 11.2 Å². The van der Waals surface area contributed by atoms with Gasteiger partial charge in [-0.2, -0.15) is 0 Å². The van der Waals surface area contributed by atoms with Gasteiger partial charge in [-0.25, -0.2) is 0 Å². The van der Waals surface area contributed by atoms with Gasteiger partial charge in [0.15, 0.2) is 0 Å². The number of carbonyl (C=O) groups excluding carboxylic acids is 1. The maximum atomic E-state index is 9.53. The van der Waals surface area contributed by atoms with Crippen LogP contribution in [0.4, 0.5) is 0 Å². The Balaban J connectivity index is -0.000000216. The molecule has 0 heterocycles. The van der Waals surface area contributed by atoms with Crippen molar-refractivity contribution >= 4 is 87.0 Å². The monoisotopic (exact) mass is 1100 g/mol. The fraction of sp³-hybridized carbons (Fsp3) is 0.786. The van der Waals surface area contributed by atoms with Crippen molar-refractivity contribution in [3.05, 3.63) is 23.3 Å². The van der Waals surface area contributed by atoms with Gasteiger partial charge in [0.05, 0.1) is 11.2 Å². The number of aliphatic hydroxyl groups is 2. The Kier molecular flexibility index (Phi) is 43.9. The van der Waals surface area contributed by atoms with Crippen LogP contribution < -0.4 is 13.3 Å². The Labute approximate surface area is 287 Å². The van der Waals surface area contributed by atoms with Gasteiger partial charge in [-0.1, -0.05) is 23.3 Å². The van der Waals surface area contributed by atoms with Gasteiger partial charge in [0.1, 0.15) is 6.29 Å². The first-order valence-corrected chi connectivity index (χ1v) is 32.1. The van der Waals surface area contributed by atoms with Crippen molar-refractivity contribution in [2.45, 2.75) is 143 Å². The third-order valence-electron chi connectivity index (χ3n) is 5.46. The average molecular weight is 1100 g/mol. The molecule has 0 aromatic heterocycles. The molecule has 0 amide bonds. The van der Waals surface area contributed by atoms with Crippen molar-refractivity contribution in [2.75, 3.05) is 0 Å². The second-order valence-corrected chi connectivity index (χ2v) is 26.5. The second-order valence-electron chi connectivity index (χ2n) is 10.2. The Morgan fingerprint density at radius 1 is 0.842 bits per heavy atom. The predicted molar refractivity (Wildman–Crippen MR) is 197 cm³/mol. The molecule has 0 spiro atoms. The van der Waals surface area contributed by atoms with Gasteiger partial charge in [0.2, 0.25) is 0 Å². The maximum absolute atomic E-state index is 9.53. The zero-order chi connectivity index (χ0) is 30.3.